The minimum absolute atomic E-state index is 0.248. The van der Waals surface area contributed by atoms with Gasteiger partial charge in [0.2, 0.25) is 0 Å². The van der Waals surface area contributed by atoms with E-state index in [0.717, 1.165) is 30.0 Å². The number of aryl methyl sites for hydroxylation is 1. The fourth-order valence-electron chi connectivity index (χ4n) is 2.28. The normalized spacial score (nSPS) is 12.3. The van der Waals surface area contributed by atoms with Crippen LogP contribution in [0.25, 0.3) is 0 Å². The second kappa shape index (κ2) is 7.36. The van der Waals surface area contributed by atoms with Crippen molar-refractivity contribution in [1.29, 1.82) is 0 Å². The van der Waals surface area contributed by atoms with Gasteiger partial charge in [-0.3, -0.25) is 9.97 Å². The van der Waals surface area contributed by atoms with Crippen molar-refractivity contribution in [2.45, 2.75) is 32.7 Å². The summed E-state index contributed by atoms with van der Waals surface area (Å²) in [6.07, 6.45) is 9.20. The highest BCUT2D eigenvalue weighted by Gasteiger charge is 2.15. The smallest absolute Gasteiger partial charge is 0.0622 e. The topological polar surface area (TPSA) is 37.8 Å². The Balaban J connectivity index is 2.24. The predicted octanol–water partition coefficient (Wildman–Crippen LogP) is 3.72. The molecule has 0 aromatic carbocycles. The molecule has 2 heterocycles. The van der Waals surface area contributed by atoms with Gasteiger partial charge in [0, 0.05) is 30.8 Å². The van der Waals surface area contributed by atoms with Crippen LogP contribution in [0.4, 0.5) is 0 Å². The molecule has 1 atom stereocenters. The second-order valence-electron chi connectivity index (χ2n) is 4.91. The average molecular weight is 290 g/mol. The fourth-order valence-corrected chi connectivity index (χ4v) is 2.47. The van der Waals surface area contributed by atoms with Crippen molar-refractivity contribution in [3.63, 3.8) is 0 Å². The van der Waals surface area contributed by atoms with Gasteiger partial charge >= 0.3 is 0 Å². The lowest BCUT2D eigenvalue weighted by Crippen LogP contribution is -2.25. The van der Waals surface area contributed by atoms with Gasteiger partial charge in [0.25, 0.3) is 0 Å². The maximum atomic E-state index is 6.23. The Morgan fingerprint density at radius 1 is 1.20 bits per heavy atom. The third-order valence-electron chi connectivity index (χ3n) is 3.36. The summed E-state index contributed by atoms with van der Waals surface area (Å²) in [4.78, 5) is 8.21. The Bertz CT molecular complexity index is 557. The molecule has 0 spiro atoms. The molecule has 0 aliphatic carbocycles. The van der Waals surface area contributed by atoms with Crippen molar-refractivity contribution in [2.24, 2.45) is 0 Å². The van der Waals surface area contributed by atoms with Gasteiger partial charge in [0.05, 0.1) is 5.02 Å². The number of hydrogen-bond donors (Lipinski definition) is 1. The first-order valence-electron chi connectivity index (χ1n) is 6.94. The van der Waals surface area contributed by atoms with Crippen molar-refractivity contribution in [1.82, 2.24) is 15.3 Å². The van der Waals surface area contributed by atoms with Crippen LogP contribution in [0, 0.1) is 6.92 Å². The van der Waals surface area contributed by atoms with E-state index in [0.29, 0.717) is 0 Å². The summed E-state index contributed by atoms with van der Waals surface area (Å²) in [5.74, 6) is 0. The zero-order valence-corrected chi connectivity index (χ0v) is 12.7. The molecule has 0 saturated heterocycles. The molecule has 0 aliphatic rings. The minimum atomic E-state index is 0.248. The quantitative estimate of drug-likeness (QED) is 0.881. The highest BCUT2D eigenvalue weighted by atomic mass is 35.5. The van der Waals surface area contributed by atoms with E-state index in [1.165, 1.54) is 11.1 Å². The van der Waals surface area contributed by atoms with Crippen molar-refractivity contribution >= 4 is 11.6 Å². The lowest BCUT2D eigenvalue weighted by Gasteiger charge is -2.21. The molecule has 0 saturated carbocycles. The maximum Gasteiger partial charge on any atom is 0.0622 e. The lowest BCUT2D eigenvalue weighted by atomic mass is 9.97. The van der Waals surface area contributed by atoms with E-state index in [9.17, 15) is 0 Å². The summed E-state index contributed by atoms with van der Waals surface area (Å²) in [7, 11) is 0. The summed E-state index contributed by atoms with van der Waals surface area (Å²) < 4.78 is 0. The minimum Gasteiger partial charge on any atom is -0.310 e. The summed E-state index contributed by atoms with van der Waals surface area (Å²) in [5, 5.41) is 4.32. The van der Waals surface area contributed by atoms with Crippen molar-refractivity contribution in [3.8, 4) is 0 Å². The highest BCUT2D eigenvalue weighted by Crippen LogP contribution is 2.24. The molecule has 2 rings (SSSR count). The standard InChI is InChI=1S/C16H20ClN3/c1-3-6-20-16(14-5-8-18-10-12(14)2)9-13-4-7-19-11-15(13)17/h4-5,7-8,10-11,16,20H,3,6,9H2,1-2H3. The molecule has 106 valence electrons. The summed E-state index contributed by atoms with van der Waals surface area (Å²) >= 11 is 6.23. The van der Waals surface area contributed by atoms with E-state index in [1.807, 2.05) is 18.5 Å². The van der Waals surface area contributed by atoms with E-state index >= 15 is 0 Å². The molecule has 2 aromatic heterocycles. The van der Waals surface area contributed by atoms with Crippen LogP contribution in [0.15, 0.2) is 36.9 Å². The van der Waals surface area contributed by atoms with Crippen LogP contribution in [0.3, 0.4) is 0 Å². The number of rotatable bonds is 6. The van der Waals surface area contributed by atoms with Crippen LogP contribution in [-0.4, -0.2) is 16.5 Å². The molecule has 0 fully saturated rings. The van der Waals surface area contributed by atoms with Crippen LogP contribution in [-0.2, 0) is 6.42 Å². The molecule has 0 bridgehead atoms. The molecule has 4 heteroatoms. The first-order valence-corrected chi connectivity index (χ1v) is 7.32. The number of hydrogen-bond acceptors (Lipinski definition) is 3. The highest BCUT2D eigenvalue weighted by molar-refractivity contribution is 6.31. The van der Waals surface area contributed by atoms with Gasteiger partial charge in [-0.15, -0.1) is 0 Å². The van der Waals surface area contributed by atoms with E-state index in [-0.39, 0.29) is 6.04 Å². The lowest BCUT2D eigenvalue weighted by molar-refractivity contribution is 0.526. The van der Waals surface area contributed by atoms with E-state index < -0.39 is 0 Å². The number of pyridine rings is 2. The van der Waals surface area contributed by atoms with Crippen LogP contribution in [0.5, 0.6) is 0 Å². The van der Waals surface area contributed by atoms with Gasteiger partial charge < -0.3 is 5.32 Å². The Hall–Kier alpha value is -1.45. The molecule has 0 aliphatic heterocycles. The predicted molar refractivity (Wildman–Crippen MR) is 83.0 cm³/mol. The van der Waals surface area contributed by atoms with Gasteiger partial charge in [-0.2, -0.15) is 0 Å². The second-order valence-corrected chi connectivity index (χ2v) is 5.32. The first kappa shape index (κ1) is 14.9. The van der Waals surface area contributed by atoms with Crippen molar-refractivity contribution < 1.29 is 0 Å². The molecule has 20 heavy (non-hydrogen) atoms. The molecule has 1 N–H and O–H groups in total. The maximum absolute atomic E-state index is 6.23. The van der Waals surface area contributed by atoms with Crippen molar-refractivity contribution in [2.75, 3.05) is 6.54 Å². The number of aromatic nitrogens is 2. The SMILES string of the molecule is CCCNC(Cc1ccncc1Cl)c1ccncc1C. The molecular formula is C16H20ClN3. The fraction of sp³-hybridized carbons (Fsp3) is 0.375. The Labute approximate surface area is 125 Å². The summed E-state index contributed by atoms with van der Waals surface area (Å²) in [5.41, 5.74) is 3.60. The molecule has 0 amide bonds. The molecule has 2 aromatic rings. The largest absolute Gasteiger partial charge is 0.310 e. The number of nitrogens with zero attached hydrogens (tertiary/aromatic N) is 2. The Morgan fingerprint density at radius 3 is 2.65 bits per heavy atom. The monoisotopic (exact) mass is 289 g/mol. The molecule has 1 unspecified atom stereocenters. The van der Waals surface area contributed by atoms with Crippen LogP contribution < -0.4 is 5.32 Å². The Morgan fingerprint density at radius 2 is 1.95 bits per heavy atom. The van der Waals surface area contributed by atoms with Gasteiger partial charge in [-0.1, -0.05) is 18.5 Å². The van der Waals surface area contributed by atoms with Gasteiger partial charge in [0.15, 0.2) is 0 Å². The number of halogens is 1. The molecular weight excluding hydrogens is 270 g/mol. The molecule has 0 radical (unpaired) electrons. The van der Waals surface area contributed by atoms with Gasteiger partial charge in [-0.25, -0.2) is 0 Å². The zero-order valence-electron chi connectivity index (χ0n) is 11.9. The number of nitrogens with one attached hydrogen (secondary N) is 1. The zero-order chi connectivity index (χ0) is 14.4. The van der Waals surface area contributed by atoms with Gasteiger partial charge in [0.1, 0.15) is 0 Å². The van der Waals surface area contributed by atoms with Crippen LogP contribution in [0.1, 0.15) is 36.1 Å². The average Bonchev–Trinajstić information content (AvgIpc) is 2.46. The van der Waals surface area contributed by atoms with E-state index in [1.54, 1.807) is 12.4 Å². The molecule has 3 nitrogen and oxygen atoms in total. The Kier molecular flexibility index (Phi) is 5.50. The third kappa shape index (κ3) is 3.78. The first-order chi connectivity index (χ1) is 9.72. The summed E-state index contributed by atoms with van der Waals surface area (Å²) in [6, 6.07) is 4.31. The van der Waals surface area contributed by atoms with Crippen LogP contribution >= 0.6 is 11.6 Å². The van der Waals surface area contributed by atoms with E-state index in [2.05, 4.69) is 35.2 Å². The van der Waals surface area contributed by atoms with Gasteiger partial charge in [-0.05, 0) is 55.1 Å². The van der Waals surface area contributed by atoms with E-state index in [4.69, 9.17) is 11.6 Å². The summed E-state index contributed by atoms with van der Waals surface area (Å²) in [6.45, 7) is 5.25. The third-order valence-corrected chi connectivity index (χ3v) is 3.70. The van der Waals surface area contributed by atoms with Crippen LogP contribution in [0.2, 0.25) is 5.02 Å². The van der Waals surface area contributed by atoms with Crippen molar-refractivity contribution in [3.05, 3.63) is 58.6 Å².